The summed E-state index contributed by atoms with van der Waals surface area (Å²) in [5.41, 5.74) is 1.31. The van der Waals surface area contributed by atoms with E-state index in [-0.39, 0.29) is 0 Å². The number of benzene rings is 1. The van der Waals surface area contributed by atoms with E-state index in [2.05, 4.69) is 39.0 Å². The summed E-state index contributed by atoms with van der Waals surface area (Å²) in [7, 11) is 1.72. The van der Waals surface area contributed by atoms with Crippen LogP contribution < -0.4 is 9.64 Å². The van der Waals surface area contributed by atoms with E-state index in [1.54, 1.807) is 7.11 Å². The number of hydrogen-bond donors (Lipinski definition) is 0. The van der Waals surface area contributed by atoms with Crippen molar-refractivity contribution in [2.24, 2.45) is 5.92 Å². The zero-order valence-electron chi connectivity index (χ0n) is 18.0. The molecule has 4 rings (SSSR count). The quantitative estimate of drug-likeness (QED) is 0.729. The first-order valence-electron chi connectivity index (χ1n) is 11.6. The molecule has 0 spiro atoms. The predicted molar refractivity (Wildman–Crippen MR) is 118 cm³/mol. The number of amides is 1. The lowest BCUT2D eigenvalue weighted by Crippen LogP contribution is -2.47. The van der Waals surface area contributed by atoms with E-state index in [0.29, 0.717) is 5.91 Å². The zero-order valence-corrected chi connectivity index (χ0v) is 18.0. The molecule has 1 aromatic carbocycles. The Labute approximate surface area is 176 Å². The van der Waals surface area contributed by atoms with Crippen molar-refractivity contribution in [1.82, 2.24) is 9.80 Å². The van der Waals surface area contributed by atoms with Crippen LogP contribution in [0, 0.1) is 5.92 Å². The lowest BCUT2D eigenvalue weighted by Gasteiger charge is -2.42. The molecule has 0 saturated carbocycles. The van der Waals surface area contributed by atoms with E-state index in [1.165, 1.54) is 57.3 Å². The average molecular weight is 400 g/mol. The molecule has 1 aromatic rings. The van der Waals surface area contributed by atoms with Crippen molar-refractivity contribution >= 4 is 11.6 Å². The summed E-state index contributed by atoms with van der Waals surface area (Å²) in [6.07, 6.45) is 9.30. The van der Waals surface area contributed by atoms with Crippen LogP contribution in [0.5, 0.6) is 5.75 Å². The molecule has 0 radical (unpaired) electrons. The molecule has 3 heterocycles. The van der Waals surface area contributed by atoms with Gasteiger partial charge in [0.15, 0.2) is 0 Å². The first-order valence-corrected chi connectivity index (χ1v) is 11.6. The van der Waals surface area contributed by atoms with E-state index >= 15 is 0 Å². The molecule has 0 bridgehead atoms. The van der Waals surface area contributed by atoms with Crippen LogP contribution in [-0.4, -0.2) is 68.1 Å². The molecule has 0 atom stereocenters. The zero-order chi connectivity index (χ0) is 20.1. The Morgan fingerprint density at radius 1 is 0.931 bits per heavy atom. The van der Waals surface area contributed by atoms with Gasteiger partial charge in [-0.25, -0.2) is 0 Å². The Kier molecular flexibility index (Phi) is 6.96. The number of carbonyl (C=O) groups is 1. The van der Waals surface area contributed by atoms with Crippen LogP contribution in [0.25, 0.3) is 0 Å². The summed E-state index contributed by atoms with van der Waals surface area (Å²) in [6, 6.07) is 9.19. The summed E-state index contributed by atoms with van der Waals surface area (Å²) in [5.74, 6) is 2.07. The number of ether oxygens (including phenoxy) is 1. The maximum atomic E-state index is 12.3. The molecule has 0 aromatic heterocycles. The molecule has 3 aliphatic heterocycles. The Morgan fingerprint density at radius 2 is 1.59 bits per heavy atom. The minimum absolute atomic E-state index is 0.399. The van der Waals surface area contributed by atoms with Crippen molar-refractivity contribution in [1.29, 1.82) is 0 Å². The molecule has 3 saturated heterocycles. The van der Waals surface area contributed by atoms with Crippen molar-refractivity contribution in [3.05, 3.63) is 24.3 Å². The fourth-order valence-electron chi connectivity index (χ4n) is 5.34. The molecule has 29 heavy (non-hydrogen) atoms. The molecular formula is C24H37N3O2. The van der Waals surface area contributed by atoms with Gasteiger partial charge in [-0.15, -0.1) is 0 Å². The topological polar surface area (TPSA) is 36.0 Å². The van der Waals surface area contributed by atoms with Crippen molar-refractivity contribution in [2.45, 2.75) is 57.4 Å². The molecule has 0 unspecified atom stereocenters. The predicted octanol–water partition coefficient (Wildman–Crippen LogP) is 3.78. The van der Waals surface area contributed by atoms with Gasteiger partial charge in [0.25, 0.3) is 0 Å². The number of likely N-dealkylation sites (tertiary alicyclic amines) is 2. The van der Waals surface area contributed by atoms with E-state index in [0.717, 1.165) is 56.7 Å². The summed E-state index contributed by atoms with van der Waals surface area (Å²) >= 11 is 0. The smallest absolute Gasteiger partial charge is 0.222 e. The summed E-state index contributed by atoms with van der Waals surface area (Å²) in [6.45, 7) is 6.70. The van der Waals surface area contributed by atoms with Gasteiger partial charge in [-0.3, -0.25) is 4.79 Å². The molecule has 5 nitrogen and oxygen atoms in total. The van der Waals surface area contributed by atoms with Gasteiger partial charge in [0.05, 0.1) is 7.11 Å². The number of methoxy groups -OCH3 is 1. The van der Waals surface area contributed by atoms with E-state index in [9.17, 15) is 4.79 Å². The molecule has 160 valence electrons. The first kappa shape index (κ1) is 20.5. The fourth-order valence-corrected chi connectivity index (χ4v) is 5.34. The van der Waals surface area contributed by atoms with Gasteiger partial charge in [-0.05, 0) is 88.2 Å². The lowest BCUT2D eigenvalue weighted by molar-refractivity contribution is -0.130. The van der Waals surface area contributed by atoms with Crippen LogP contribution >= 0.6 is 0 Å². The summed E-state index contributed by atoms with van der Waals surface area (Å²) < 4.78 is 5.27. The Hall–Kier alpha value is -1.75. The molecular weight excluding hydrogens is 362 g/mol. The second kappa shape index (κ2) is 9.84. The lowest BCUT2D eigenvalue weighted by atomic mass is 9.90. The van der Waals surface area contributed by atoms with Crippen molar-refractivity contribution < 1.29 is 9.53 Å². The third kappa shape index (κ3) is 5.25. The van der Waals surface area contributed by atoms with Crippen molar-refractivity contribution in [3.8, 4) is 5.75 Å². The van der Waals surface area contributed by atoms with Gasteiger partial charge in [-0.2, -0.15) is 0 Å². The highest BCUT2D eigenvalue weighted by Crippen LogP contribution is 2.29. The van der Waals surface area contributed by atoms with Gasteiger partial charge in [0.1, 0.15) is 5.75 Å². The Bertz CT molecular complexity index is 641. The van der Waals surface area contributed by atoms with Gasteiger partial charge in [-0.1, -0.05) is 0 Å². The van der Waals surface area contributed by atoms with Crippen molar-refractivity contribution in [2.75, 3.05) is 51.3 Å². The maximum absolute atomic E-state index is 12.3. The highest BCUT2D eigenvalue weighted by molar-refractivity contribution is 5.76. The van der Waals surface area contributed by atoms with Crippen LogP contribution in [0.15, 0.2) is 24.3 Å². The minimum atomic E-state index is 0.399. The van der Waals surface area contributed by atoms with Crippen LogP contribution in [0.3, 0.4) is 0 Å². The number of piperidine rings is 2. The molecule has 0 aliphatic carbocycles. The Balaban J connectivity index is 1.16. The van der Waals surface area contributed by atoms with E-state index < -0.39 is 0 Å². The Morgan fingerprint density at radius 3 is 2.21 bits per heavy atom. The van der Waals surface area contributed by atoms with Gasteiger partial charge in [0.2, 0.25) is 5.91 Å². The molecule has 1 amide bonds. The second-order valence-electron chi connectivity index (χ2n) is 9.02. The number of anilines is 1. The van der Waals surface area contributed by atoms with E-state index in [4.69, 9.17) is 4.74 Å². The molecule has 0 N–H and O–H groups in total. The SMILES string of the molecule is COc1ccc(N2CCC(N3CCC(CCC(=O)N4CCCC4)CC3)CC2)cc1. The molecule has 3 aliphatic rings. The standard InChI is InChI=1S/C24H37N3O2/c1-29-23-7-5-21(6-8-23)26-18-12-22(13-19-26)25-16-10-20(11-17-25)4-9-24(28)27-14-2-3-15-27/h5-8,20,22H,2-4,9-19H2,1H3. The number of hydrogen-bond acceptors (Lipinski definition) is 4. The normalized spacial score (nSPS) is 22.2. The summed E-state index contributed by atoms with van der Waals surface area (Å²) in [5, 5.41) is 0. The monoisotopic (exact) mass is 399 g/mol. The number of carbonyl (C=O) groups excluding carboxylic acids is 1. The van der Waals surface area contributed by atoms with Gasteiger partial charge < -0.3 is 19.4 Å². The van der Waals surface area contributed by atoms with Gasteiger partial charge >= 0.3 is 0 Å². The molecule has 5 heteroatoms. The van der Waals surface area contributed by atoms with Crippen LogP contribution in [0.4, 0.5) is 5.69 Å². The first-order chi connectivity index (χ1) is 14.2. The number of rotatable bonds is 6. The van der Waals surface area contributed by atoms with Gasteiger partial charge in [0, 0.05) is 44.3 Å². The maximum Gasteiger partial charge on any atom is 0.222 e. The number of nitrogens with zero attached hydrogens (tertiary/aromatic N) is 3. The highest BCUT2D eigenvalue weighted by Gasteiger charge is 2.29. The third-order valence-corrected chi connectivity index (χ3v) is 7.29. The molecule has 3 fully saturated rings. The van der Waals surface area contributed by atoms with Crippen LogP contribution in [0.2, 0.25) is 0 Å². The van der Waals surface area contributed by atoms with Crippen LogP contribution in [-0.2, 0) is 4.79 Å². The second-order valence-corrected chi connectivity index (χ2v) is 9.02. The fraction of sp³-hybridized carbons (Fsp3) is 0.708. The third-order valence-electron chi connectivity index (χ3n) is 7.29. The van der Waals surface area contributed by atoms with Crippen molar-refractivity contribution in [3.63, 3.8) is 0 Å². The van der Waals surface area contributed by atoms with Crippen LogP contribution in [0.1, 0.15) is 51.4 Å². The average Bonchev–Trinajstić information content (AvgIpc) is 3.33. The largest absolute Gasteiger partial charge is 0.497 e. The minimum Gasteiger partial charge on any atom is -0.497 e. The highest BCUT2D eigenvalue weighted by atomic mass is 16.5. The van der Waals surface area contributed by atoms with E-state index in [1.807, 2.05) is 0 Å². The summed E-state index contributed by atoms with van der Waals surface area (Å²) in [4.78, 5) is 19.6.